The third kappa shape index (κ3) is 2.29. The maximum Gasteiger partial charge on any atom is 0.354 e. The second-order valence-corrected chi connectivity index (χ2v) is 3.56. The van der Waals surface area contributed by atoms with Gasteiger partial charge in [0.1, 0.15) is 17.3 Å². The molecular formula is C13H10FNO3. The Morgan fingerprint density at radius 3 is 2.78 bits per heavy atom. The molecule has 4 nitrogen and oxygen atoms in total. The molecule has 1 heterocycles. The molecule has 1 aromatic heterocycles. The van der Waals surface area contributed by atoms with Crippen LogP contribution in [-0.4, -0.2) is 23.2 Å². The van der Waals surface area contributed by atoms with E-state index >= 15 is 0 Å². The highest BCUT2D eigenvalue weighted by Crippen LogP contribution is 2.29. The lowest BCUT2D eigenvalue weighted by atomic mass is 10.1. The van der Waals surface area contributed by atoms with E-state index in [9.17, 15) is 9.18 Å². The first kappa shape index (κ1) is 12.0. The normalized spacial score (nSPS) is 10.1. The molecule has 0 aliphatic heterocycles. The van der Waals surface area contributed by atoms with Crippen molar-refractivity contribution in [3.05, 3.63) is 47.9 Å². The van der Waals surface area contributed by atoms with E-state index in [-0.39, 0.29) is 5.69 Å². The maximum absolute atomic E-state index is 13.2. The molecule has 0 saturated heterocycles. The molecule has 0 spiro atoms. The van der Waals surface area contributed by atoms with Crippen molar-refractivity contribution in [3.8, 4) is 17.0 Å². The fourth-order valence-electron chi connectivity index (χ4n) is 1.58. The second-order valence-electron chi connectivity index (χ2n) is 3.56. The van der Waals surface area contributed by atoms with Gasteiger partial charge in [0, 0.05) is 5.56 Å². The lowest BCUT2D eigenvalue weighted by molar-refractivity contribution is 0.0690. The number of hydrogen-bond acceptors (Lipinski definition) is 3. The van der Waals surface area contributed by atoms with E-state index in [0.29, 0.717) is 17.0 Å². The minimum absolute atomic E-state index is 0.0983. The summed E-state index contributed by atoms with van der Waals surface area (Å²) in [5.41, 5.74) is 0.672. The van der Waals surface area contributed by atoms with Crippen LogP contribution in [0, 0.1) is 5.82 Å². The number of pyridine rings is 1. The van der Waals surface area contributed by atoms with Gasteiger partial charge in [-0.25, -0.2) is 14.2 Å². The molecule has 0 aliphatic rings. The summed E-state index contributed by atoms with van der Waals surface area (Å²) >= 11 is 0. The average Bonchev–Trinajstić information content (AvgIpc) is 2.39. The van der Waals surface area contributed by atoms with Crippen molar-refractivity contribution in [1.82, 2.24) is 4.98 Å². The SMILES string of the molecule is COc1ccc(F)cc1-c1cccc(C(=O)O)n1. The van der Waals surface area contributed by atoms with Gasteiger partial charge in [-0.2, -0.15) is 0 Å². The number of methoxy groups -OCH3 is 1. The van der Waals surface area contributed by atoms with Crippen LogP contribution < -0.4 is 4.74 Å². The highest BCUT2D eigenvalue weighted by atomic mass is 19.1. The van der Waals surface area contributed by atoms with Gasteiger partial charge in [0.2, 0.25) is 0 Å². The number of aromatic carboxylic acids is 1. The van der Waals surface area contributed by atoms with Crippen LogP contribution >= 0.6 is 0 Å². The zero-order valence-corrected chi connectivity index (χ0v) is 9.55. The van der Waals surface area contributed by atoms with E-state index in [1.54, 1.807) is 12.1 Å². The number of carboxylic acid groups (broad SMARTS) is 1. The largest absolute Gasteiger partial charge is 0.496 e. The van der Waals surface area contributed by atoms with Crippen molar-refractivity contribution in [3.63, 3.8) is 0 Å². The molecule has 1 N–H and O–H groups in total. The van der Waals surface area contributed by atoms with Crippen LogP contribution in [0.15, 0.2) is 36.4 Å². The van der Waals surface area contributed by atoms with E-state index in [0.717, 1.165) is 0 Å². The molecule has 0 radical (unpaired) electrons. The Labute approximate surface area is 103 Å². The molecule has 0 bridgehead atoms. The predicted molar refractivity (Wildman–Crippen MR) is 63.1 cm³/mol. The van der Waals surface area contributed by atoms with Crippen LogP contribution in [0.25, 0.3) is 11.3 Å². The van der Waals surface area contributed by atoms with Gasteiger partial charge >= 0.3 is 5.97 Å². The van der Waals surface area contributed by atoms with E-state index in [1.807, 2.05) is 0 Å². The Morgan fingerprint density at radius 1 is 1.33 bits per heavy atom. The molecule has 2 aromatic rings. The number of halogens is 1. The van der Waals surface area contributed by atoms with E-state index < -0.39 is 11.8 Å². The first-order chi connectivity index (χ1) is 8.61. The molecule has 0 amide bonds. The van der Waals surface area contributed by atoms with Gasteiger partial charge in [0.25, 0.3) is 0 Å². The third-order valence-corrected chi connectivity index (χ3v) is 2.41. The van der Waals surface area contributed by atoms with Crippen LogP contribution in [0.4, 0.5) is 4.39 Å². The number of nitrogens with zero attached hydrogens (tertiary/aromatic N) is 1. The Morgan fingerprint density at radius 2 is 2.11 bits per heavy atom. The van der Waals surface area contributed by atoms with Crippen LogP contribution in [0.1, 0.15) is 10.5 Å². The molecule has 0 saturated carbocycles. The van der Waals surface area contributed by atoms with Crippen molar-refractivity contribution >= 4 is 5.97 Å². The Hall–Kier alpha value is -2.43. The molecule has 5 heteroatoms. The summed E-state index contributed by atoms with van der Waals surface area (Å²) in [7, 11) is 1.46. The van der Waals surface area contributed by atoms with Gasteiger partial charge in [0.05, 0.1) is 12.8 Å². The average molecular weight is 247 g/mol. The van der Waals surface area contributed by atoms with E-state index in [2.05, 4.69) is 4.98 Å². The minimum Gasteiger partial charge on any atom is -0.496 e. The fraction of sp³-hybridized carbons (Fsp3) is 0.0769. The molecule has 92 valence electrons. The van der Waals surface area contributed by atoms with Crippen LogP contribution in [0.5, 0.6) is 5.75 Å². The molecule has 2 rings (SSSR count). The van der Waals surface area contributed by atoms with Gasteiger partial charge < -0.3 is 9.84 Å². The number of hydrogen-bond donors (Lipinski definition) is 1. The van der Waals surface area contributed by atoms with Crippen molar-refractivity contribution in [2.75, 3.05) is 7.11 Å². The van der Waals surface area contributed by atoms with Crippen molar-refractivity contribution < 1.29 is 19.0 Å². The minimum atomic E-state index is -1.13. The summed E-state index contributed by atoms with van der Waals surface area (Å²) in [5, 5.41) is 8.87. The highest BCUT2D eigenvalue weighted by Gasteiger charge is 2.11. The van der Waals surface area contributed by atoms with Gasteiger partial charge in [-0.15, -0.1) is 0 Å². The zero-order chi connectivity index (χ0) is 13.1. The molecule has 0 aliphatic carbocycles. The van der Waals surface area contributed by atoms with E-state index in [1.165, 1.54) is 31.4 Å². The zero-order valence-electron chi connectivity index (χ0n) is 9.55. The summed E-state index contributed by atoms with van der Waals surface area (Å²) in [4.78, 5) is 14.8. The molecule has 0 atom stereocenters. The smallest absolute Gasteiger partial charge is 0.354 e. The first-order valence-electron chi connectivity index (χ1n) is 5.16. The number of carbonyl (C=O) groups is 1. The molecule has 0 unspecified atom stereocenters. The maximum atomic E-state index is 13.2. The quantitative estimate of drug-likeness (QED) is 0.905. The van der Waals surface area contributed by atoms with Crippen molar-refractivity contribution in [2.45, 2.75) is 0 Å². The van der Waals surface area contributed by atoms with E-state index in [4.69, 9.17) is 9.84 Å². The number of ether oxygens (including phenoxy) is 1. The molecule has 18 heavy (non-hydrogen) atoms. The monoisotopic (exact) mass is 247 g/mol. The highest BCUT2D eigenvalue weighted by molar-refractivity contribution is 5.86. The fourth-order valence-corrected chi connectivity index (χ4v) is 1.58. The third-order valence-electron chi connectivity index (χ3n) is 2.41. The summed E-state index contributed by atoms with van der Waals surface area (Å²) < 4.78 is 18.3. The Balaban J connectivity index is 2.57. The summed E-state index contributed by atoms with van der Waals surface area (Å²) in [6.07, 6.45) is 0. The van der Waals surface area contributed by atoms with Crippen molar-refractivity contribution in [2.24, 2.45) is 0 Å². The number of carboxylic acids is 1. The number of benzene rings is 1. The first-order valence-corrected chi connectivity index (χ1v) is 5.16. The number of aromatic nitrogens is 1. The molecular weight excluding hydrogens is 237 g/mol. The number of rotatable bonds is 3. The van der Waals surface area contributed by atoms with Gasteiger partial charge in [-0.05, 0) is 30.3 Å². The Bertz CT molecular complexity index is 599. The predicted octanol–water partition coefficient (Wildman–Crippen LogP) is 2.59. The lowest BCUT2D eigenvalue weighted by Gasteiger charge is -2.08. The summed E-state index contributed by atoms with van der Waals surface area (Å²) in [6, 6.07) is 8.52. The molecule has 0 fully saturated rings. The lowest BCUT2D eigenvalue weighted by Crippen LogP contribution is -2.01. The summed E-state index contributed by atoms with van der Waals surface area (Å²) in [5.74, 6) is -1.13. The van der Waals surface area contributed by atoms with Crippen LogP contribution in [0.2, 0.25) is 0 Å². The van der Waals surface area contributed by atoms with Gasteiger partial charge in [0.15, 0.2) is 0 Å². The van der Waals surface area contributed by atoms with Gasteiger partial charge in [-0.1, -0.05) is 6.07 Å². The van der Waals surface area contributed by atoms with Gasteiger partial charge in [-0.3, -0.25) is 0 Å². The van der Waals surface area contributed by atoms with Crippen molar-refractivity contribution in [1.29, 1.82) is 0 Å². The van der Waals surface area contributed by atoms with Crippen LogP contribution in [-0.2, 0) is 0 Å². The standard InChI is InChI=1S/C13H10FNO3/c1-18-12-6-5-8(14)7-9(12)10-3-2-4-11(15-10)13(16)17/h2-7H,1H3,(H,16,17). The summed E-state index contributed by atoms with van der Waals surface area (Å²) in [6.45, 7) is 0. The molecule has 1 aromatic carbocycles. The van der Waals surface area contributed by atoms with Crippen LogP contribution in [0.3, 0.4) is 0 Å². The topological polar surface area (TPSA) is 59.4 Å². The second kappa shape index (κ2) is 4.83. The Kier molecular flexibility index (Phi) is 3.23.